The van der Waals surface area contributed by atoms with Crippen molar-refractivity contribution >= 4 is 39.3 Å². The quantitative estimate of drug-likeness (QED) is 0.696. The molecule has 3 aromatic rings. The fourth-order valence-electron chi connectivity index (χ4n) is 2.09. The molecule has 0 radical (unpaired) electrons. The van der Waals surface area contributed by atoms with Crippen LogP contribution in [-0.2, 0) is 6.42 Å². The molecule has 2 N–H and O–H groups in total. The van der Waals surface area contributed by atoms with Crippen LogP contribution < -0.4 is 5.73 Å². The van der Waals surface area contributed by atoms with Crippen molar-refractivity contribution in [3.63, 3.8) is 0 Å². The summed E-state index contributed by atoms with van der Waals surface area (Å²) in [6.45, 7) is 2.07. The van der Waals surface area contributed by atoms with Crippen LogP contribution in [0.4, 0.5) is 5.82 Å². The van der Waals surface area contributed by atoms with Gasteiger partial charge in [0.2, 0.25) is 0 Å². The van der Waals surface area contributed by atoms with Crippen LogP contribution in [0.25, 0.3) is 22.3 Å². The molecule has 2 aromatic heterocycles. The number of halogens is 1. The molecular weight excluding hydrogens is 363 g/mol. The maximum Gasteiger partial charge on any atom is 0.161 e. The summed E-state index contributed by atoms with van der Waals surface area (Å²) >= 11 is 2.20. The van der Waals surface area contributed by atoms with E-state index in [1.807, 2.05) is 30.3 Å². The topological polar surface area (TPSA) is 64.7 Å². The van der Waals surface area contributed by atoms with Crippen molar-refractivity contribution in [3.05, 3.63) is 45.8 Å². The second-order valence-electron chi connectivity index (χ2n) is 4.46. The Morgan fingerprint density at radius 3 is 2.85 bits per heavy atom. The molecule has 0 atom stereocenters. The molecule has 0 aliphatic heterocycles. The number of aromatic nitrogens is 3. The zero-order valence-electron chi connectivity index (χ0n) is 11.0. The van der Waals surface area contributed by atoms with Crippen molar-refractivity contribution < 1.29 is 0 Å². The molecule has 100 valence electrons. The van der Waals surface area contributed by atoms with Crippen LogP contribution in [0.5, 0.6) is 0 Å². The maximum atomic E-state index is 5.98. The number of hydrogen-bond acceptors (Lipinski definition) is 4. The van der Waals surface area contributed by atoms with E-state index in [0.29, 0.717) is 11.6 Å². The van der Waals surface area contributed by atoms with Gasteiger partial charge in [0.25, 0.3) is 0 Å². The maximum absolute atomic E-state index is 5.98. The third-order valence-corrected chi connectivity index (χ3v) is 4.32. The summed E-state index contributed by atoms with van der Waals surface area (Å²) in [5.74, 6) is 1.21. The predicted molar refractivity (Wildman–Crippen MR) is 89.3 cm³/mol. The van der Waals surface area contributed by atoms with E-state index in [4.69, 9.17) is 5.73 Å². The van der Waals surface area contributed by atoms with Gasteiger partial charge in [-0.1, -0.05) is 13.0 Å². The molecular formula is C15H13IN4. The molecule has 0 aliphatic rings. The summed E-state index contributed by atoms with van der Waals surface area (Å²) < 4.78 is 0.941. The lowest BCUT2D eigenvalue weighted by molar-refractivity contribution is 0.994. The molecule has 0 unspecified atom stereocenters. The molecule has 0 amide bonds. The molecule has 0 aliphatic carbocycles. The van der Waals surface area contributed by atoms with Crippen molar-refractivity contribution in [2.24, 2.45) is 0 Å². The monoisotopic (exact) mass is 376 g/mol. The predicted octanol–water partition coefficient (Wildman–Crippen LogP) is 3.44. The van der Waals surface area contributed by atoms with Crippen LogP contribution in [0.3, 0.4) is 0 Å². The highest BCUT2D eigenvalue weighted by atomic mass is 127. The second kappa shape index (κ2) is 5.32. The number of fused-ring (bicyclic) bond motifs is 1. The van der Waals surface area contributed by atoms with E-state index in [9.17, 15) is 0 Å². The number of rotatable bonds is 2. The van der Waals surface area contributed by atoms with Gasteiger partial charge in [-0.3, -0.25) is 4.98 Å². The van der Waals surface area contributed by atoms with Gasteiger partial charge in [-0.25, -0.2) is 9.97 Å². The smallest absolute Gasteiger partial charge is 0.161 e. The largest absolute Gasteiger partial charge is 0.383 e. The molecule has 1 aromatic carbocycles. The molecule has 0 saturated heterocycles. The fraction of sp³-hybridized carbons (Fsp3) is 0.133. The molecule has 20 heavy (non-hydrogen) atoms. The summed E-state index contributed by atoms with van der Waals surface area (Å²) in [5, 5.41) is 1.07. The Balaban J connectivity index is 2.17. The number of nitrogens with two attached hydrogens (primary N) is 1. The van der Waals surface area contributed by atoms with Gasteiger partial charge >= 0.3 is 0 Å². The lowest BCUT2D eigenvalue weighted by atomic mass is 10.1. The van der Waals surface area contributed by atoms with E-state index in [1.165, 1.54) is 0 Å². The van der Waals surface area contributed by atoms with Crippen LogP contribution >= 0.6 is 22.6 Å². The number of anilines is 1. The van der Waals surface area contributed by atoms with E-state index >= 15 is 0 Å². The molecule has 2 heterocycles. The minimum Gasteiger partial charge on any atom is -0.383 e. The first kappa shape index (κ1) is 13.2. The Morgan fingerprint density at radius 2 is 2.05 bits per heavy atom. The minimum absolute atomic E-state index is 0.540. The first-order chi connectivity index (χ1) is 9.69. The Kier molecular flexibility index (Phi) is 3.52. The van der Waals surface area contributed by atoms with Gasteiger partial charge in [-0.15, -0.1) is 0 Å². The lowest BCUT2D eigenvalue weighted by Gasteiger charge is -2.08. The average molecular weight is 376 g/mol. The SMILES string of the molecule is CCc1nc(-c2ccc3ncccc3c2)nc(N)c1I. The highest BCUT2D eigenvalue weighted by molar-refractivity contribution is 14.1. The third-order valence-electron chi connectivity index (χ3n) is 3.14. The lowest BCUT2D eigenvalue weighted by Crippen LogP contribution is -2.04. The van der Waals surface area contributed by atoms with Gasteiger partial charge in [0.15, 0.2) is 5.82 Å². The van der Waals surface area contributed by atoms with Crippen LogP contribution in [0.2, 0.25) is 0 Å². The third kappa shape index (κ3) is 2.33. The first-order valence-electron chi connectivity index (χ1n) is 6.36. The van der Waals surface area contributed by atoms with E-state index in [1.54, 1.807) is 6.20 Å². The number of nitrogen functional groups attached to an aromatic ring is 1. The van der Waals surface area contributed by atoms with Crippen LogP contribution in [0, 0.1) is 3.57 Å². The number of hydrogen-bond donors (Lipinski definition) is 1. The summed E-state index contributed by atoms with van der Waals surface area (Å²) in [6, 6.07) is 9.96. The highest BCUT2D eigenvalue weighted by Crippen LogP contribution is 2.24. The summed E-state index contributed by atoms with van der Waals surface area (Å²) in [4.78, 5) is 13.3. The van der Waals surface area contributed by atoms with Gasteiger partial charge < -0.3 is 5.73 Å². The normalized spacial score (nSPS) is 10.9. The Morgan fingerprint density at radius 1 is 1.20 bits per heavy atom. The van der Waals surface area contributed by atoms with E-state index in [0.717, 1.165) is 32.2 Å². The summed E-state index contributed by atoms with van der Waals surface area (Å²) in [5.41, 5.74) is 8.89. The van der Waals surface area contributed by atoms with Gasteiger partial charge in [-0.05, 0) is 53.3 Å². The Labute approximate surface area is 130 Å². The second-order valence-corrected chi connectivity index (χ2v) is 5.54. The molecule has 0 bridgehead atoms. The zero-order valence-corrected chi connectivity index (χ0v) is 13.1. The van der Waals surface area contributed by atoms with Gasteiger partial charge in [0.05, 0.1) is 14.8 Å². The molecule has 0 spiro atoms. The van der Waals surface area contributed by atoms with E-state index < -0.39 is 0 Å². The van der Waals surface area contributed by atoms with Crippen LogP contribution in [0.1, 0.15) is 12.6 Å². The van der Waals surface area contributed by atoms with Crippen molar-refractivity contribution in [1.82, 2.24) is 15.0 Å². The molecule has 4 nitrogen and oxygen atoms in total. The van der Waals surface area contributed by atoms with E-state index in [2.05, 4.69) is 44.5 Å². The highest BCUT2D eigenvalue weighted by Gasteiger charge is 2.10. The fourth-order valence-corrected chi connectivity index (χ4v) is 2.71. The zero-order chi connectivity index (χ0) is 14.1. The number of aryl methyl sites for hydroxylation is 1. The molecule has 0 fully saturated rings. The van der Waals surface area contributed by atoms with Crippen LogP contribution in [0.15, 0.2) is 36.5 Å². The van der Waals surface area contributed by atoms with Crippen molar-refractivity contribution in [3.8, 4) is 11.4 Å². The summed E-state index contributed by atoms with van der Waals surface area (Å²) in [7, 11) is 0. The first-order valence-corrected chi connectivity index (χ1v) is 7.44. The molecule has 5 heteroatoms. The molecule has 0 saturated carbocycles. The van der Waals surface area contributed by atoms with Gasteiger partial charge in [-0.2, -0.15) is 0 Å². The Bertz CT molecular complexity index is 786. The van der Waals surface area contributed by atoms with Crippen molar-refractivity contribution in [2.75, 3.05) is 5.73 Å². The van der Waals surface area contributed by atoms with Gasteiger partial charge in [0.1, 0.15) is 5.82 Å². The van der Waals surface area contributed by atoms with Crippen molar-refractivity contribution in [2.45, 2.75) is 13.3 Å². The Hall–Kier alpha value is -1.76. The summed E-state index contributed by atoms with van der Waals surface area (Å²) in [6.07, 6.45) is 2.63. The number of benzene rings is 1. The van der Waals surface area contributed by atoms with Crippen LogP contribution in [-0.4, -0.2) is 15.0 Å². The van der Waals surface area contributed by atoms with E-state index in [-0.39, 0.29) is 0 Å². The average Bonchev–Trinajstić information content (AvgIpc) is 2.49. The molecule has 3 rings (SSSR count). The standard InChI is InChI=1S/C15H13IN4/c1-2-11-13(16)14(17)20-15(19-11)10-5-6-12-9(8-10)4-3-7-18-12/h3-8H,2H2,1H3,(H2,17,19,20). The van der Waals surface area contributed by atoms with Crippen molar-refractivity contribution in [1.29, 1.82) is 0 Å². The number of pyridine rings is 1. The minimum atomic E-state index is 0.540. The van der Waals surface area contributed by atoms with Gasteiger partial charge in [0, 0.05) is 17.1 Å². The number of nitrogens with zero attached hydrogens (tertiary/aromatic N) is 3.